The summed E-state index contributed by atoms with van der Waals surface area (Å²) in [5, 5.41) is 43.4. The minimum atomic E-state index is -0.595. The Labute approximate surface area is 280 Å². The van der Waals surface area contributed by atoms with Crippen LogP contribution >= 0.6 is 11.8 Å². The first-order valence-corrected chi connectivity index (χ1v) is 18.9. The molecule has 0 radical (unpaired) electrons. The lowest BCUT2D eigenvalue weighted by Gasteiger charge is -2.19. The second-order valence-corrected chi connectivity index (χ2v) is 14.6. The Kier molecular flexibility index (Phi) is 18.1. The number of unbranched alkanes of at least 4 members (excludes halogenated alkanes) is 6. The topological polar surface area (TPSA) is 160 Å². The SMILES string of the molecule is CCCCC[C@H](O)/C=C/[C@@H]1[C@@H](C/C=C\CCCC(=O)NCCCCCNC(=O)CCCCC2SC[C@@H]3NC(=O)N[C@H]23)[C@@H](O)C[C@H]1O. The molecule has 0 aromatic heterocycles. The number of aliphatic hydroxyl groups is 3. The van der Waals surface area contributed by atoms with Gasteiger partial charge >= 0.3 is 6.03 Å². The largest absolute Gasteiger partial charge is 0.393 e. The molecule has 1 saturated carbocycles. The quantitative estimate of drug-likeness (QED) is 0.0492. The van der Waals surface area contributed by atoms with Gasteiger partial charge in [-0.2, -0.15) is 11.8 Å². The highest BCUT2D eigenvalue weighted by atomic mass is 32.2. The first kappa shape index (κ1) is 38.4. The van der Waals surface area contributed by atoms with Crippen molar-refractivity contribution in [3.8, 4) is 0 Å². The molecule has 0 bridgehead atoms. The van der Waals surface area contributed by atoms with Crippen molar-refractivity contribution in [1.29, 1.82) is 0 Å². The minimum Gasteiger partial charge on any atom is -0.393 e. The van der Waals surface area contributed by atoms with Gasteiger partial charge in [0.05, 0.1) is 30.4 Å². The highest BCUT2D eigenvalue weighted by Crippen LogP contribution is 2.36. The molecule has 2 aliphatic heterocycles. The van der Waals surface area contributed by atoms with Gasteiger partial charge in [-0.25, -0.2) is 4.79 Å². The summed E-state index contributed by atoms with van der Waals surface area (Å²) < 4.78 is 0. The van der Waals surface area contributed by atoms with Gasteiger partial charge in [0.15, 0.2) is 0 Å². The normalized spacial score (nSPS) is 28.0. The van der Waals surface area contributed by atoms with E-state index >= 15 is 0 Å². The number of allylic oxidation sites excluding steroid dienone is 2. The molecule has 7 N–H and O–H groups in total. The zero-order valence-electron chi connectivity index (χ0n) is 27.8. The Morgan fingerprint density at radius 1 is 0.935 bits per heavy atom. The lowest BCUT2D eigenvalue weighted by atomic mass is 9.89. The van der Waals surface area contributed by atoms with Crippen molar-refractivity contribution < 1.29 is 29.7 Å². The Balaban J connectivity index is 1.13. The fourth-order valence-electron chi connectivity index (χ4n) is 6.75. The number of hydrogen-bond acceptors (Lipinski definition) is 7. The Bertz CT molecular complexity index is 981. The van der Waals surface area contributed by atoms with E-state index in [2.05, 4.69) is 34.3 Å². The van der Waals surface area contributed by atoms with Crippen LogP contribution in [0.25, 0.3) is 0 Å². The van der Waals surface area contributed by atoms with E-state index < -0.39 is 18.3 Å². The van der Waals surface area contributed by atoms with Crippen LogP contribution < -0.4 is 21.3 Å². The van der Waals surface area contributed by atoms with Gasteiger partial charge in [-0.1, -0.05) is 56.9 Å². The zero-order valence-corrected chi connectivity index (χ0v) is 28.7. The fourth-order valence-corrected chi connectivity index (χ4v) is 8.29. The van der Waals surface area contributed by atoms with E-state index in [0.29, 0.717) is 44.0 Å². The zero-order chi connectivity index (χ0) is 33.1. The van der Waals surface area contributed by atoms with Gasteiger partial charge < -0.3 is 36.6 Å². The molecule has 3 fully saturated rings. The second kappa shape index (κ2) is 21.7. The van der Waals surface area contributed by atoms with Crippen LogP contribution in [0, 0.1) is 11.8 Å². The van der Waals surface area contributed by atoms with E-state index in [1.54, 1.807) is 6.08 Å². The molecule has 0 aromatic carbocycles. The van der Waals surface area contributed by atoms with Gasteiger partial charge in [-0.3, -0.25) is 9.59 Å². The molecule has 2 saturated heterocycles. The van der Waals surface area contributed by atoms with Crippen molar-refractivity contribution in [3.05, 3.63) is 24.3 Å². The summed E-state index contributed by atoms with van der Waals surface area (Å²) >= 11 is 1.91. The van der Waals surface area contributed by atoms with Crippen LogP contribution in [0.4, 0.5) is 4.79 Å². The van der Waals surface area contributed by atoms with Crippen molar-refractivity contribution in [2.75, 3.05) is 18.8 Å². The third kappa shape index (κ3) is 14.0. The predicted molar refractivity (Wildman–Crippen MR) is 184 cm³/mol. The number of thioether (sulfide) groups is 1. The molecule has 46 heavy (non-hydrogen) atoms. The van der Waals surface area contributed by atoms with Crippen molar-refractivity contribution in [1.82, 2.24) is 21.3 Å². The van der Waals surface area contributed by atoms with Crippen LogP contribution in [-0.2, 0) is 9.59 Å². The number of hydrogen-bond donors (Lipinski definition) is 7. The molecule has 0 spiro atoms. The maximum atomic E-state index is 12.2. The number of rotatable bonds is 23. The number of carbonyl (C=O) groups is 3. The molecular formula is C35H60N4O6S. The van der Waals surface area contributed by atoms with E-state index in [9.17, 15) is 29.7 Å². The van der Waals surface area contributed by atoms with E-state index in [1.807, 2.05) is 23.9 Å². The van der Waals surface area contributed by atoms with Crippen molar-refractivity contribution in [2.24, 2.45) is 11.8 Å². The average Bonchev–Trinajstić information content (AvgIpc) is 3.66. The van der Waals surface area contributed by atoms with Gasteiger partial charge in [0.1, 0.15) is 0 Å². The van der Waals surface area contributed by atoms with Crippen molar-refractivity contribution >= 4 is 29.6 Å². The molecule has 262 valence electrons. The van der Waals surface area contributed by atoms with E-state index in [4.69, 9.17) is 0 Å². The fraction of sp³-hybridized carbons (Fsp3) is 0.800. The number of urea groups is 1. The molecule has 3 rings (SSSR count). The standard InChI is InChI=1S/C35H60N4O6S/c1-2-3-7-14-25(40)19-20-27-26(29(41)23-30(27)42)15-8-4-5-9-17-32(43)36-21-12-6-13-22-37-33(44)18-11-10-16-31-34-28(24-46-31)38-35(45)39-34/h4,8,19-20,25-31,34,40-42H,2-3,5-7,9-18,21-24H2,1H3,(H,36,43)(H,37,44)(H2,38,39,45)/b8-4-,20-19+/t25-,26+,27+,28-,29-,30+,31?,34-/m0/s1. The average molecular weight is 665 g/mol. The first-order valence-electron chi connectivity index (χ1n) is 17.9. The third-order valence-electron chi connectivity index (χ3n) is 9.50. The lowest BCUT2D eigenvalue weighted by Crippen LogP contribution is -2.36. The summed E-state index contributed by atoms with van der Waals surface area (Å²) in [6.45, 7) is 3.44. The summed E-state index contributed by atoms with van der Waals surface area (Å²) in [6, 6.07) is 0.414. The Morgan fingerprint density at radius 2 is 1.67 bits per heavy atom. The second-order valence-electron chi connectivity index (χ2n) is 13.3. The first-order chi connectivity index (χ1) is 22.3. The number of amides is 4. The number of aliphatic hydroxyl groups excluding tert-OH is 3. The number of nitrogens with one attached hydrogen (secondary N) is 4. The van der Waals surface area contributed by atoms with E-state index in [1.165, 1.54) is 0 Å². The van der Waals surface area contributed by atoms with Crippen LogP contribution in [0.15, 0.2) is 24.3 Å². The predicted octanol–water partition coefficient (Wildman–Crippen LogP) is 4.09. The van der Waals surface area contributed by atoms with Crippen LogP contribution in [0.5, 0.6) is 0 Å². The van der Waals surface area contributed by atoms with Crippen molar-refractivity contribution in [3.63, 3.8) is 0 Å². The molecule has 3 aliphatic rings. The Morgan fingerprint density at radius 3 is 2.41 bits per heavy atom. The van der Waals surface area contributed by atoms with Gasteiger partial charge in [-0.05, 0) is 63.7 Å². The summed E-state index contributed by atoms with van der Waals surface area (Å²) in [6.07, 6.45) is 19.2. The number of fused-ring (bicyclic) bond motifs is 1. The van der Waals surface area contributed by atoms with E-state index in [0.717, 1.165) is 82.8 Å². The summed E-state index contributed by atoms with van der Waals surface area (Å²) in [4.78, 5) is 35.8. The lowest BCUT2D eigenvalue weighted by molar-refractivity contribution is -0.121. The van der Waals surface area contributed by atoms with Gasteiger partial charge in [0.25, 0.3) is 0 Å². The van der Waals surface area contributed by atoms with Crippen LogP contribution in [-0.4, -0.2) is 87.7 Å². The molecule has 11 heteroatoms. The maximum absolute atomic E-state index is 12.2. The highest BCUT2D eigenvalue weighted by Gasteiger charge is 2.42. The number of carbonyl (C=O) groups excluding carboxylic acids is 3. The summed E-state index contributed by atoms with van der Waals surface area (Å²) in [5.74, 6) is 0.875. The molecule has 10 nitrogen and oxygen atoms in total. The maximum Gasteiger partial charge on any atom is 0.315 e. The van der Waals surface area contributed by atoms with Crippen LogP contribution in [0.2, 0.25) is 0 Å². The molecular weight excluding hydrogens is 604 g/mol. The van der Waals surface area contributed by atoms with Gasteiger partial charge in [-0.15, -0.1) is 0 Å². The smallest absolute Gasteiger partial charge is 0.315 e. The minimum absolute atomic E-state index is 0.0526. The van der Waals surface area contributed by atoms with Crippen LogP contribution in [0.3, 0.4) is 0 Å². The van der Waals surface area contributed by atoms with Crippen LogP contribution in [0.1, 0.15) is 110 Å². The monoisotopic (exact) mass is 664 g/mol. The van der Waals surface area contributed by atoms with Crippen molar-refractivity contribution in [2.45, 2.75) is 145 Å². The molecule has 1 aliphatic carbocycles. The highest BCUT2D eigenvalue weighted by molar-refractivity contribution is 8.00. The molecule has 8 atom stereocenters. The summed E-state index contributed by atoms with van der Waals surface area (Å²) in [5.41, 5.74) is 0. The van der Waals surface area contributed by atoms with Gasteiger partial charge in [0, 0.05) is 49.3 Å². The van der Waals surface area contributed by atoms with E-state index in [-0.39, 0.29) is 41.8 Å². The molecule has 4 amide bonds. The Hall–Kier alpha value is -2.08. The third-order valence-corrected chi connectivity index (χ3v) is 11.0. The molecule has 2 heterocycles. The van der Waals surface area contributed by atoms with Gasteiger partial charge in [0.2, 0.25) is 11.8 Å². The molecule has 1 unspecified atom stereocenters. The molecule has 0 aromatic rings. The summed E-state index contributed by atoms with van der Waals surface area (Å²) in [7, 11) is 0.